The molecule has 148 valence electrons. The number of thiazole rings is 1. The standard InChI is InChI=1S/C15H16Cl2F2N4O2S2/c1-22(2)8-3-4-23(6-8)10-5-9(18)14(13(19)12(10)17)27(24,25)21-15-20-11(16)7-26-15/h5,7-8H,3-4,6H2,1-2H3,(H,20,21)/t8-/m1/s1. The van der Waals surface area contributed by atoms with Crippen LogP contribution >= 0.6 is 34.5 Å². The third-order valence-corrected chi connectivity index (χ3v) is 7.24. The summed E-state index contributed by atoms with van der Waals surface area (Å²) in [5.74, 6) is -2.56. The second-order valence-electron chi connectivity index (χ2n) is 6.27. The normalized spacial score (nSPS) is 17.7. The maximum atomic E-state index is 14.8. The van der Waals surface area contributed by atoms with E-state index in [9.17, 15) is 17.2 Å². The minimum Gasteiger partial charge on any atom is -0.369 e. The van der Waals surface area contributed by atoms with Crippen molar-refractivity contribution in [2.45, 2.75) is 17.4 Å². The molecule has 6 nitrogen and oxygen atoms in total. The molecule has 27 heavy (non-hydrogen) atoms. The summed E-state index contributed by atoms with van der Waals surface area (Å²) < 4.78 is 56.2. The second kappa shape index (κ2) is 7.67. The second-order valence-corrected chi connectivity index (χ2v) is 9.51. The zero-order valence-corrected chi connectivity index (χ0v) is 17.5. The van der Waals surface area contributed by atoms with Crippen molar-refractivity contribution in [3.63, 3.8) is 0 Å². The monoisotopic (exact) mass is 456 g/mol. The smallest absolute Gasteiger partial charge is 0.269 e. The van der Waals surface area contributed by atoms with E-state index in [4.69, 9.17) is 23.2 Å². The first-order chi connectivity index (χ1) is 12.6. The number of nitrogens with one attached hydrogen (secondary N) is 1. The number of benzene rings is 1. The summed E-state index contributed by atoms with van der Waals surface area (Å²) in [5, 5.41) is 0.911. The zero-order chi connectivity index (χ0) is 19.9. The van der Waals surface area contributed by atoms with Crippen LogP contribution in [0, 0.1) is 11.6 Å². The first kappa shape index (κ1) is 20.5. The quantitative estimate of drug-likeness (QED) is 0.695. The predicted octanol–water partition coefficient (Wildman–Crippen LogP) is 3.67. The van der Waals surface area contributed by atoms with Gasteiger partial charge in [-0.25, -0.2) is 22.2 Å². The van der Waals surface area contributed by atoms with Crippen LogP contribution in [0.15, 0.2) is 16.3 Å². The number of likely N-dealkylation sites (N-methyl/N-ethyl adjacent to an activating group) is 1. The molecule has 1 aliphatic rings. The van der Waals surface area contributed by atoms with Gasteiger partial charge in [0.05, 0.1) is 5.69 Å². The Bertz CT molecular complexity index is 969. The summed E-state index contributed by atoms with van der Waals surface area (Å²) in [7, 11) is -0.731. The summed E-state index contributed by atoms with van der Waals surface area (Å²) in [4.78, 5) is 6.32. The highest BCUT2D eigenvalue weighted by Gasteiger charge is 2.32. The van der Waals surface area contributed by atoms with Gasteiger partial charge in [0.15, 0.2) is 15.8 Å². The number of sulfonamides is 1. The van der Waals surface area contributed by atoms with Gasteiger partial charge in [-0.3, -0.25) is 4.72 Å². The van der Waals surface area contributed by atoms with Crippen molar-refractivity contribution in [3.05, 3.63) is 33.3 Å². The highest BCUT2D eigenvalue weighted by Crippen LogP contribution is 2.37. The van der Waals surface area contributed by atoms with Crippen molar-refractivity contribution >= 4 is 55.4 Å². The fraction of sp³-hybridized carbons (Fsp3) is 0.400. The number of hydrogen-bond donors (Lipinski definition) is 1. The van der Waals surface area contributed by atoms with Crippen molar-refractivity contribution in [2.24, 2.45) is 0 Å². The largest absolute Gasteiger partial charge is 0.369 e. The van der Waals surface area contributed by atoms with Gasteiger partial charge in [0, 0.05) is 30.6 Å². The molecule has 0 aliphatic carbocycles. The number of halogens is 4. The third kappa shape index (κ3) is 4.14. The number of nitrogens with zero attached hydrogens (tertiary/aromatic N) is 3. The Labute approximate surface area is 169 Å². The van der Waals surface area contributed by atoms with E-state index < -0.39 is 31.6 Å². The lowest BCUT2D eigenvalue weighted by molar-refractivity contribution is 0.315. The number of hydrogen-bond acceptors (Lipinski definition) is 6. The van der Waals surface area contributed by atoms with E-state index in [1.54, 1.807) is 4.90 Å². The Morgan fingerprint density at radius 3 is 2.63 bits per heavy atom. The van der Waals surface area contributed by atoms with Crippen LogP contribution in [0.25, 0.3) is 0 Å². The summed E-state index contributed by atoms with van der Waals surface area (Å²) in [6, 6.07) is 1.17. The van der Waals surface area contributed by atoms with Gasteiger partial charge in [-0.2, -0.15) is 0 Å². The van der Waals surface area contributed by atoms with Gasteiger partial charge in [-0.05, 0) is 20.5 Å². The lowest BCUT2D eigenvalue weighted by Gasteiger charge is -2.23. The maximum absolute atomic E-state index is 14.8. The van der Waals surface area contributed by atoms with Crippen LogP contribution in [-0.4, -0.2) is 51.5 Å². The molecule has 1 N–H and O–H groups in total. The van der Waals surface area contributed by atoms with Crippen molar-refractivity contribution in [3.8, 4) is 0 Å². The molecule has 1 aliphatic heterocycles. The van der Waals surface area contributed by atoms with Gasteiger partial charge >= 0.3 is 0 Å². The minimum absolute atomic E-state index is 0.0662. The Kier molecular flexibility index (Phi) is 5.83. The van der Waals surface area contributed by atoms with E-state index in [1.807, 2.05) is 23.7 Å². The molecule has 0 saturated carbocycles. The van der Waals surface area contributed by atoms with E-state index in [0.29, 0.717) is 13.1 Å². The molecule has 1 saturated heterocycles. The SMILES string of the molecule is CN(C)[C@@H]1CCN(c2cc(F)c(S(=O)(=O)Nc3nc(Cl)cs3)c(F)c2Cl)C1. The van der Waals surface area contributed by atoms with Crippen molar-refractivity contribution < 1.29 is 17.2 Å². The summed E-state index contributed by atoms with van der Waals surface area (Å²) in [5.41, 5.74) is 0.132. The number of anilines is 2. The molecular weight excluding hydrogens is 441 g/mol. The molecule has 12 heteroatoms. The van der Waals surface area contributed by atoms with E-state index in [2.05, 4.69) is 4.98 Å². The molecule has 1 aromatic carbocycles. The molecule has 0 amide bonds. The molecule has 0 spiro atoms. The zero-order valence-electron chi connectivity index (χ0n) is 14.3. The average Bonchev–Trinajstić information content (AvgIpc) is 3.19. The average molecular weight is 457 g/mol. The molecule has 0 radical (unpaired) electrons. The first-order valence-electron chi connectivity index (χ1n) is 7.83. The van der Waals surface area contributed by atoms with Crippen LogP contribution in [0.3, 0.4) is 0 Å². The summed E-state index contributed by atoms with van der Waals surface area (Å²) >= 11 is 12.6. The molecule has 3 rings (SSSR count). The van der Waals surface area contributed by atoms with Gasteiger partial charge in [0.25, 0.3) is 10.0 Å². The van der Waals surface area contributed by atoms with Crippen molar-refractivity contribution in [1.82, 2.24) is 9.88 Å². The fourth-order valence-electron chi connectivity index (χ4n) is 2.89. The Morgan fingerprint density at radius 2 is 2.07 bits per heavy atom. The van der Waals surface area contributed by atoms with Crippen LogP contribution in [0.4, 0.5) is 19.6 Å². The van der Waals surface area contributed by atoms with Crippen LogP contribution in [0.2, 0.25) is 10.2 Å². The van der Waals surface area contributed by atoms with Gasteiger partial charge in [0.2, 0.25) is 0 Å². The Balaban J connectivity index is 1.95. The molecular formula is C15H16Cl2F2N4O2S2. The Morgan fingerprint density at radius 1 is 1.37 bits per heavy atom. The molecule has 0 unspecified atom stereocenters. The molecule has 1 aromatic heterocycles. The molecule has 0 bridgehead atoms. The molecule has 2 aromatic rings. The van der Waals surface area contributed by atoms with Crippen LogP contribution in [0.5, 0.6) is 0 Å². The summed E-state index contributed by atoms with van der Waals surface area (Å²) in [6.07, 6.45) is 0.805. The van der Waals surface area contributed by atoms with Crippen LogP contribution in [-0.2, 0) is 10.0 Å². The van der Waals surface area contributed by atoms with Crippen LogP contribution in [0.1, 0.15) is 6.42 Å². The van der Waals surface area contributed by atoms with Crippen molar-refractivity contribution in [2.75, 3.05) is 36.8 Å². The first-order valence-corrected chi connectivity index (χ1v) is 10.9. The van der Waals surface area contributed by atoms with E-state index in [1.165, 1.54) is 5.38 Å². The molecule has 2 heterocycles. The van der Waals surface area contributed by atoms with Gasteiger partial charge < -0.3 is 9.80 Å². The number of rotatable bonds is 5. The fourth-order valence-corrected chi connectivity index (χ4v) is 5.45. The van der Waals surface area contributed by atoms with Gasteiger partial charge in [0.1, 0.15) is 16.0 Å². The minimum atomic E-state index is -4.57. The lowest BCUT2D eigenvalue weighted by Crippen LogP contribution is -2.31. The van der Waals surface area contributed by atoms with Crippen LogP contribution < -0.4 is 9.62 Å². The molecule has 1 atom stereocenters. The van der Waals surface area contributed by atoms with Crippen molar-refractivity contribution in [1.29, 1.82) is 0 Å². The molecule has 1 fully saturated rings. The van der Waals surface area contributed by atoms with Gasteiger partial charge in [-0.1, -0.05) is 23.2 Å². The Hall–Kier alpha value is -1.20. The maximum Gasteiger partial charge on any atom is 0.269 e. The summed E-state index contributed by atoms with van der Waals surface area (Å²) in [6.45, 7) is 1.09. The number of aromatic nitrogens is 1. The highest BCUT2D eigenvalue weighted by atomic mass is 35.5. The van der Waals surface area contributed by atoms with E-state index in [0.717, 1.165) is 23.8 Å². The van der Waals surface area contributed by atoms with E-state index >= 15 is 0 Å². The van der Waals surface area contributed by atoms with Gasteiger partial charge in [-0.15, -0.1) is 11.3 Å². The third-order valence-electron chi connectivity index (χ3n) is 4.30. The lowest BCUT2D eigenvalue weighted by atomic mass is 10.2. The van der Waals surface area contributed by atoms with E-state index in [-0.39, 0.29) is 22.0 Å². The topological polar surface area (TPSA) is 65.5 Å². The highest BCUT2D eigenvalue weighted by molar-refractivity contribution is 7.93. The predicted molar refractivity (Wildman–Crippen MR) is 104 cm³/mol.